The molecule has 6 nitrogen and oxygen atoms in total. The summed E-state index contributed by atoms with van der Waals surface area (Å²) in [5.41, 5.74) is 5.97. The number of aryl methyl sites for hydroxylation is 1. The van der Waals surface area contributed by atoms with Gasteiger partial charge in [0, 0.05) is 41.8 Å². The van der Waals surface area contributed by atoms with E-state index in [1.807, 2.05) is 12.4 Å². The molecule has 0 amide bonds. The van der Waals surface area contributed by atoms with Gasteiger partial charge in [0.2, 0.25) is 0 Å². The number of rotatable bonds is 3. The number of carbonyl (C=O) groups is 1. The van der Waals surface area contributed by atoms with Crippen molar-refractivity contribution in [3.05, 3.63) is 64.9 Å². The van der Waals surface area contributed by atoms with Crippen LogP contribution in [0.25, 0.3) is 11.3 Å². The number of nitrogens with one attached hydrogen (secondary N) is 1. The zero-order chi connectivity index (χ0) is 22.8. The van der Waals surface area contributed by atoms with Crippen LogP contribution in [0.4, 0.5) is 0 Å². The molecule has 6 rings (SSSR count). The Morgan fingerprint density at radius 3 is 2.94 bits per heavy atom. The molecule has 1 aromatic carbocycles. The molecular formula is C27H31N5O. The number of nitrogens with zero attached hydrogens (tertiary/aromatic N) is 4. The molecule has 2 aromatic rings. The third kappa shape index (κ3) is 2.99. The largest absolute Gasteiger partial charge is 0.362 e. The van der Waals surface area contributed by atoms with Crippen molar-refractivity contribution in [2.75, 3.05) is 0 Å². The normalized spacial score (nSPS) is 27.5. The van der Waals surface area contributed by atoms with Crippen molar-refractivity contribution in [3.8, 4) is 11.3 Å². The molecular weight excluding hydrogens is 410 g/mol. The van der Waals surface area contributed by atoms with Crippen LogP contribution in [-0.4, -0.2) is 21.5 Å². The van der Waals surface area contributed by atoms with Crippen molar-refractivity contribution >= 4 is 5.78 Å². The Hall–Kier alpha value is -3.02. The number of allylic oxidation sites excluding steroid dienone is 2. The van der Waals surface area contributed by atoms with Gasteiger partial charge in [-0.3, -0.25) is 4.79 Å². The number of carbonyl (C=O) groups excluding carboxylic acids is 1. The van der Waals surface area contributed by atoms with Gasteiger partial charge in [-0.2, -0.15) is 10.2 Å². The molecule has 2 atom stereocenters. The van der Waals surface area contributed by atoms with Crippen molar-refractivity contribution in [2.24, 2.45) is 15.6 Å². The highest BCUT2D eigenvalue weighted by atomic mass is 16.1. The molecule has 1 unspecified atom stereocenters. The second-order valence-corrected chi connectivity index (χ2v) is 10.7. The van der Waals surface area contributed by atoms with Crippen LogP contribution in [0, 0.1) is 5.41 Å². The fraction of sp³-hybridized carbons (Fsp3) is 0.481. The minimum atomic E-state index is -0.511. The molecule has 4 heterocycles. The predicted octanol–water partition coefficient (Wildman–Crippen LogP) is 5.46. The SMILES string of the molecule is CC[C@]1(c2cccc(-c3cnc4n3CCCC4)c2)C2=CN=NC2NC2=C1C(=O)CC(C)(C)C2. The lowest BCUT2D eigenvalue weighted by Gasteiger charge is -2.47. The molecule has 1 aromatic heterocycles. The zero-order valence-electron chi connectivity index (χ0n) is 19.7. The molecule has 0 spiro atoms. The smallest absolute Gasteiger partial charge is 0.164 e. The van der Waals surface area contributed by atoms with Crippen molar-refractivity contribution in [2.45, 2.75) is 77.4 Å². The van der Waals surface area contributed by atoms with E-state index in [0.717, 1.165) is 53.8 Å². The van der Waals surface area contributed by atoms with Gasteiger partial charge in [0.05, 0.1) is 23.5 Å². The van der Waals surface area contributed by atoms with Gasteiger partial charge < -0.3 is 9.88 Å². The second kappa shape index (κ2) is 7.24. The molecule has 33 heavy (non-hydrogen) atoms. The van der Waals surface area contributed by atoms with E-state index >= 15 is 0 Å². The lowest BCUT2D eigenvalue weighted by molar-refractivity contribution is -0.119. The summed E-state index contributed by atoms with van der Waals surface area (Å²) in [7, 11) is 0. The van der Waals surface area contributed by atoms with Crippen LogP contribution in [0.1, 0.15) is 64.3 Å². The van der Waals surface area contributed by atoms with Crippen LogP contribution >= 0.6 is 0 Å². The van der Waals surface area contributed by atoms with Crippen molar-refractivity contribution in [3.63, 3.8) is 0 Å². The number of aromatic nitrogens is 2. The number of benzene rings is 1. The van der Waals surface area contributed by atoms with E-state index in [4.69, 9.17) is 4.98 Å². The van der Waals surface area contributed by atoms with E-state index in [2.05, 4.69) is 65.1 Å². The summed E-state index contributed by atoms with van der Waals surface area (Å²) >= 11 is 0. The molecule has 1 N–H and O–H groups in total. The Kier molecular flexibility index (Phi) is 4.51. The molecule has 0 saturated carbocycles. The third-order valence-corrected chi connectivity index (χ3v) is 7.93. The Morgan fingerprint density at radius 1 is 1.21 bits per heavy atom. The topological polar surface area (TPSA) is 71.6 Å². The van der Waals surface area contributed by atoms with Crippen molar-refractivity contribution in [1.82, 2.24) is 14.9 Å². The highest BCUT2D eigenvalue weighted by molar-refractivity contribution is 6.01. The number of hydrogen-bond donors (Lipinski definition) is 1. The molecule has 170 valence electrons. The first-order chi connectivity index (χ1) is 15.9. The van der Waals surface area contributed by atoms with Crippen LogP contribution in [-0.2, 0) is 23.2 Å². The monoisotopic (exact) mass is 441 g/mol. The molecule has 0 radical (unpaired) electrons. The van der Waals surface area contributed by atoms with Gasteiger partial charge in [-0.1, -0.05) is 39.0 Å². The molecule has 0 saturated heterocycles. The van der Waals surface area contributed by atoms with Gasteiger partial charge in [0.25, 0.3) is 0 Å². The fourth-order valence-corrected chi connectivity index (χ4v) is 6.48. The third-order valence-electron chi connectivity index (χ3n) is 7.93. The molecule has 1 aliphatic carbocycles. The summed E-state index contributed by atoms with van der Waals surface area (Å²) in [6.07, 6.45) is 9.36. The van der Waals surface area contributed by atoms with Gasteiger partial charge in [0.1, 0.15) is 5.82 Å². The van der Waals surface area contributed by atoms with Crippen LogP contribution in [0.3, 0.4) is 0 Å². The number of Topliss-reactive ketones (excluding diaryl/α,β-unsaturated/α-hetero) is 1. The summed E-state index contributed by atoms with van der Waals surface area (Å²) in [6.45, 7) is 7.56. The van der Waals surface area contributed by atoms with Crippen molar-refractivity contribution < 1.29 is 4.79 Å². The minimum Gasteiger partial charge on any atom is -0.362 e. The fourth-order valence-electron chi connectivity index (χ4n) is 6.48. The van der Waals surface area contributed by atoms with E-state index in [1.54, 1.807) is 0 Å². The summed E-state index contributed by atoms with van der Waals surface area (Å²) in [5.74, 6) is 1.42. The Morgan fingerprint density at radius 2 is 2.09 bits per heavy atom. The standard InChI is InChI=1S/C27H31N5O/c1-4-27(18-9-7-8-17(12-18)21-16-28-23-10-5-6-11-32(21)23)19-15-29-31-25(19)30-20-13-26(2,3)14-22(33)24(20)27/h7-9,12,15-16,25,30H,4-6,10-11,13-14H2,1-3H3/t25?,27-/m0/s1. The van der Waals surface area contributed by atoms with E-state index in [9.17, 15) is 4.79 Å². The molecule has 3 aliphatic heterocycles. The van der Waals surface area contributed by atoms with E-state index in [0.29, 0.717) is 6.42 Å². The predicted molar refractivity (Wildman–Crippen MR) is 127 cm³/mol. The molecule has 0 bridgehead atoms. The summed E-state index contributed by atoms with van der Waals surface area (Å²) in [5, 5.41) is 12.3. The van der Waals surface area contributed by atoms with Crippen molar-refractivity contribution in [1.29, 1.82) is 0 Å². The number of imidazole rings is 1. The second-order valence-electron chi connectivity index (χ2n) is 10.7. The van der Waals surface area contributed by atoms with Crippen LogP contribution in [0.15, 0.2) is 63.7 Å². The number of hydrogen-bond acceptors (Lipinski definition) is 5. The lowest BCUT2D eigenvalue weighted by Crippen LogP contribution is -2.51. The van der Waals surface area contributed by atoms with Gasteiger partial charge >= 0.3 is 0 Å². The quantitative estimate of drug-likeness (QED) is 0.688. The van der Waals surface area contributed by atoms with Gasteiger partial charge in [0.15, 0.2) is 11.9 Å². The molecule has 4 aliphatic rings. The summed E-state index contributed by atoms with van der Waals surface area (Å²) in [4.78, 5) is 18.4. The summed E-state index contributed by atoms with van der Waals surface area (Å²) in [6, 6.07) is 8.76. The van der Waals surface area contributed by atoms with Crippen LogP contribution in [0.5, 0.6) is 0 Å². The number of fused-ring (bicyclic) bond motifs is 2. The molecule has 0 fully saturated rings. The average molecular weight is 442 g/mol. The van der Waals surface area contributed by atoms with Crippen LogP contribution < -0.4 is 5.32 Å². The van der Waals surface area contributed by atoms with Gasteiger partial charge in [-0.15, -0.1) is 0 Å². The Balaban J connectivity index is 1.54. The molecule has 6 heteroatoms. The number of azo groups is 1. The highest BCUT2D eigenvalue weighted by Gasteiger charge is 2.53. The first-order valence-electron chi connectivity index (χ1n) is 12.2. The summed E-state index contributed by atoms with van der Waals surface area (Å²) < 4.78 is 2.37. The minimum absolute atomic E-state index is 0.0577. The highest BCUT2D eigenvalue weighted by Crippen LogP contribution is 2.54. The maximum atomic E-state index is 13.7. The maximum Gasteiger partial charge on any atom is 0.164 e. The first-order valence-corrected chi connectivity index (χ1v) is 12.2. The van der Waals surface area contributed by atoms with Gasteiger partial charge in [-0.05, 0) is 42.7 Å². The Labute approximate surface area is 194 Å². The lowest BCUT2D eigenvalue weighted by atomic mass is 9.58. The first kappa shape index (κ1) is 20.6. The van der Waals surface area contributed by atoms with E-state index in [1.165, 1.54) is 24.4 Å². The van der Waals surface area contributed by atoms with E-state index < -0.39 is 5.41 Å². The maximum absolute atomic E-state index is 13.7. The van der Waals surface area contributed by atoms with Crippen LogP contribution in [0.2, 0.25) is 0 Å². The average Bonchev–Trinajstić information content (AvgIpc) is 3.44. The number of ketones is 1. The van der Waals surface area contributed by atoms with E-state index in [-0.39, 0.29) is 17.4 Å². The Bertz CT molecular complexity index is 1250. The van der Waals surface area contributed by atoms with Gasteiger partial charge in [-0.25, -0.2) is 4.98 Å². The zero-order valence-corrected chi connectivity index (χ0v) is 19.7.